The minimum atomic E-state index is -5.08. The number of carboxylic acid groups (broad SMARTS) is 1. The lowest BCUT2D eigenvalue weighted by Crippen LogP contribution is -2.46. The predicted molar refractivity (Wildman–Crippen MR) is 87.9 cm³/mol. The molecule has 2 heterocycles. The normalized spacial score (nSPS) is 24.2. The highest BCUT2D eigenvalue weighted by atomic mass is 19.4. The van der Waals surface area contributed by atoms with E-state index in [1.54, 1.807) is 19.3 Å². The molecule has 4 N–H and O–H groups in total. The maximum atomic E-state index is 11.4. The van der Waals surface area contributed by atoms with Crippen LogP contribution in [0.1, 0.15) is 29.6 Å². The van der Waals surface area contributed by atoms with E-state index in [0.29, 0.717) is 17.0 Å². The fourth-order valence-electron chi connectivity index (χ4n) is 3.20. The second kappa shape index (κ2) is 7.90. The van der Waals surface area contributed by atoms with Gasteiger partial charge in [0.1, 0.15) is 5.82 Å². The van der Waals surface area contributed by atoms with Gasteiger partial charge in [-0.3, -0.25) is 4.79 Å². The van der Waals surface area contributed by atoms with E-state index in [9.17, 15) is 18.0 Å². The summed E-state index contributed by atoms with van der Waals surface area (Å²) >= 11 is 0. The van der Waals surface area contributed by atoms with Crippen molar-refractivity contribution in [1.82, 2.24) is 15.6 Å². The number of anilines is 1. The minimum Gasteiger partial charge on any atom is -0.475 e. The molecule has 1 aromatic heterocycles. The third kappa shape index (κ3) is 5.07. The Bertz CT molecular complexity index is 635. The van der Waals surface area contributed by atoms with Gasteiger partial charge in [-0.2, -0.15) is 13.2 Å². The van der Waals surface area contributed by atoms with Gasteiger partial charge in [-0.1, -0.05) is 0 Å². The fourth-order valence-corrected chi connectivity index (χ4v) is 3.20. The molecule has 26 heavy (non-hydrogen) atoms. The number of carbonyl (C=O) groups excluding carboxylic acids is 1. The number of hydrogen-bond acceptors (Lipinski definition) is 5. The summed E-state index contributed by atoms with van der Waals surface area (Å²) in [4.78, 5) is 24.6. The molecule has 3 rings (SSSR count). The number of aromatic nitrogens is 1. The summed E-state index contributed by atoms with van der Waals surface area (Å²) in [7, 11) is 1.62. The van der Waals surface area contributed by atoms with Crippen LogP contribution in [0.2, 0.25) is 0 Å². The van der Waals surface area contributed by atoms with Crippen molar-refractivity contribution in [2.75, 3.05) is 25.5 Å². The van der Waals surface area contributed by atoms with Crippen molar-refractivity contribution in [3.8, 4) is 0 Å². The van der Waals surface area contributed by atoms with Crippen LogP contribution in [0.5, 0.6) is 0 Å². The topological polar surface area (TPSA) is 103 Å². The van der Waals surface area contributed by atoms with Crippen molar-refractivity contribution in [3.63, 3.8) is 0 Å². The summed E-state index contributed by atoms with van der Waals surface area (Å²) in [5.41, 5.74) is 1.14. The SMILES string of the molecule is CNC(=O)c1ccc(NC2CC3(CCNC3)C2)nc1.O=C(O)C(F)(F)F. The first-order chi connectivity index (χ1) is 12.1. The van der Waals surface area contributed by atoms with Crippen LogP contribution in [0.4, 0.5) is 19.0 Å². The molecule has 1 amide bonds. The molecular weight excluding hydrogens is 353 g/mol. The Morgan fingerprint density at radius 3 is 2.42 bits per heavy atom. The van der Waals surface area contributed by atoms with Gasteiger partial charge in [0.05, 0.1) is 5.56 Å². The predicted octanol–water partition coefficient (Wildman–Crippen LogP) is 1.63. The Hall–Kier alpha value is -2.36. The molecule has 1 aliphatic carbocycles. The van der Waals surface area contributed by atoms with Crippen LogP contribution >= 0.6 is 0 Å². The molecule has 0 aromatic carbocycles. The number of alkyl halides is 3. The van der Waals surface area contributed by atoms with E-state index in [0.717, 1.165) is 18.9 Å². The first-order valence-corrected chi connectivity index (χ1v) is 8.11. The Balaban J connectivity index is 0.000000298. The van der Waals surface area contributed by atoms with E-state index in [-0.39, 0.29) is 5.91 Å². The highest BCUT2D eigenvalue weighted by molar-refractivity contribution is 5.93. The fraction of sp³-hybridized carbons (Fsp3) is 0.562. The van der Waals surface area contributed by atoms with Crippen LogP contribution in [-0.2, 0) is 4.79 Å². The number of amides is 1. The molecule has 0 bridgehead atoms. The van der Waals surface area contributed by atoms with Crippen molar-refractivity contribution in [2.24, 2.45) is 5.41 Å². The summed E-state index contributed by atoms with van der Waals surface area (Å²) in [5, 5.41) is 16.6. The van der Waals surface area contributed by atoms with Crippen molar-refractivity contribution in [1.29, 1.82) is 0 Å². The van der Waals surface area contributed by atoms with Crippen LogP contribution < -0.4 is 16.0 Å². The van der Waals surface area contributed by atoms with E-state index in [1.807, 2.05) is 6.07 Å². The van der Waals surface area contributed by atoms with Gasteiger partial charge in [-0.05, 0) is 43.4 Å². The summed E-state index contributed by atoms with van der Waals surface area (Å²) in [5.74, 6) is -2.00. The molecule has 10 heteroatoms. The molecule has 7 nitrogen and oxygen atoms in total. The quantitative estimate of drug-likeness (QED) is 0.641. The molecule has 1 spiro atoms. The number of carbonyl (C=O) groups is 2. The van der Waals surface area contributed by atoms with Crippen LogP contribution in [0.15, 0.2) is 18.3 Å². The van der Waals surface area contributed by atoms with Crippen LogP contribution in [0.3, 0.4) is 0 Å². The first-order valence-electron chi connectivity index (χ1n) is 8.11. The number of nitrogens with one attached hydrogen (secondary N) is 3. The standard InChI is InChI=1S/C14H20N4O.C2HF3O2/c1-15-13(19)10-2-3-12(17-8-10)18-11-6-14(7-11)4-5-16-9-14;3-2(4,5)1(6)7/h2-3,8,11,16H,4-7,9H2,1H3,(H,15,19)(H,17,18);(H,6,7). The zero-order chi connectivity index (χ0) is 19.4. The number of hydrogen-bond donors (Lipinski definition) is 4. The smallest absolute Gasteiger partial charge is 0.475 e. The number of carboxylic acids is 1. The van der Waals surface area contributed by atoms with Gasteiger partial charge in [-0.15, -0.1) is 0 Å². The van der Waals surface area contributed by atoms with Crippen LogP contribution in [-0.4, -0.2) is 54.3 Å². The second-order valence-corrected chi connectivity index (χ2v) is 6.49. The van der Waals surface area contributed by atoms with Gasteiger partial charge in [0.2, 0.25) is 0 Å². The molecule has 1 saturated heterocycles. The van der Waals surface area contributed by atoms with Crippen molar-refractivity contribution in [2.45, 2.75) is 31.5 Å². The molecular formula is C16H21F3N4O3. The highest BCUT2D eigenvalue weighted by Gasteiger charge is 2.45. The average Bonchev–Trinajstić information content (AvgIpc) is 3.04. The highest BCUT2D eigenvalue weighted by Crippen LogP contribution is 2.46. The number of rotatable bonds is 3. The number of pyridine rings is 1. The van der Waals surface area contributed by atoms with Crippen molar-refractivity contribution < 1.29 is 27.9 Å². The third-order valence-electron chi connectivity index (χ3n) is 4.54. The van der Waals surface area contributed by atoms with Crippen LogP contribution in [0.25, 0.3) is 0 Å². The monoisotopic (exact) mass is 374 g/mol. The van der Waals surface area contributed by atoms with Crippen molar-refractivity contribution in [3.05, 3.63) is 23.9 Å². The average molecular weight is 374 g/mol. The summed E-state index contributed by atoms with van der Waals surface area (Å²) < 4.78 is 31.7. The lowest BCUT2D eigenvalue weighted by Gasteiger charge is -2.45. The van der Waals surface area contributed by atoms with Gasteiger partial charge in [0.15, 0.2) is 0 Å². The molecule has 1 saturated carbocycles. The van der Waals surface area contributed by atoms with E-state index < -0.39 is 12.1 Å². The molecule has 1 aliphatic heterocycles. The molecule has 0 radical (unpaired) electrons. The minimum absolute atomic E-state index is 0.0984. The summed E-state index contributed by atoms with van der Waals surface area (Å²) in [6.07, 6.45) is 0.276. The Morgan fingerprint density at radius 2 is 2.00 bits per heavy atom. The lowest BCUT2D eigenvalue weighted by molar-refractivity contribution is -0.192. The van der Waals surface area contributed by atoms with E-state index in [2.05, 4.69) is 20.9 Å². The summed E-state index contributed by atoms with van der Waals surface area (Å²) in [6.45, 7) is 2.32. The zero-order valence-corrected chi connectivity index (χ0v) is 14.2. The largest absolute Gasteiger partial charge is 0.490 e. The van der Waals surface area contributed by atoms with Crippen LogP contribution in [0, 0.1) is 5.41 Å². The van der Waals surface area contributed by atoms with E-state index in [4.69, 9.17) is 9.90 Å². The van der Waals surface area contributed by atoms with Gasteiger partial charge in [-0.25, -0.2) is 9.78 Å². The first kappa shape index (κ1) is 20.0. The second-order valence-electron chi connectivity index (χ2n) is 6.49. The maximum Gasteiger partial charge on any atom is 0.490 e. The third-order valence-corrected chi connectivity index (χ3v) is 4.54. The summed E-state index contributed by atoms with van der Waals surface area (Å²) in [6, 6.07) is 4.21. The Labute approximate surface area is 148 Å². The maximum absolute atomic E-state index is 11.4. The van der Waals surface area contributed by atoms with Gasteiger partial charge in [0, 0.05) is 25.8 Å². The molecule has 1 aromatic rings. The Kier molecular flexibility index (Phi) is 6.06. The number of nitrogens with zero attached hydrogens (tertiary/aromatic N) is 1. The number of halogens is 3. The molecule has 144 valence electrons. The number of aliphatic carboxylic acids is 1. The molecule has 2 aliphatic rings. The van der Waals surface area contributed by atoms with Gasteiger partial charge >= 0.3 is 12.1 Å². The van der Waals surface area contributed by atoms with Gasteiger partial charge < -0.3 is 21.1 Å². The van der Waals surface area contributed by atoms with E-state index in [1.165, 1.54) is 19.3 Å². The van der Waals surface area contributed by atoms with Gasteiger partial charge in [0.25, 0.3) is 5.91 Å². The molecule has 0 atom stereocenters. The van der Waals surface area contributed by atoms with Crippen molar-refractivity contribution >= 4 is 17.7 Å². The molecule has 0 unspecified atom stereocenters. The lowest BCUT2D eigenvalue weighted by atomic mass is 9.65. The Morgan fingerprint density at radius 1 is 1.35 bits per heavy atom. The molecule has 2 fully saturated rings. The van der Waals surface area contributed by atoms with E-state index >= 15 is 0 Å². The zero-order valence-electron chi connectivity index (χ0n) is 14.2.